The Bertz CT molecular complexity index is 988. The van der Waals surface area contributed by atoms with Gasteiger partial charge in [-0.1, -0.05) is 24.3 Å². The lowest BCUT2D eigenvalue weighted by Gasteiger charge is -2.21. The van der Waals surface area contributed by atoms with E-state index in [-0.39, 0.29) is 18.4 Å². The minimum atomic E-state index is -0.184. The van der Waals surface area contributed by atoms with E-state index in [0.717, 1.165) is 17.1 Å². The Kier molecular flexibility index (Phi) is 7.05. The number of hydrogen-bond acceptors (Lipinski definition) is 4. The molecule has 30 heavy (non-hydrogen) atoms. The van der Waals surface area contributed by atoms with Crippen molar-refractivity contribution < 1.29 is 14.3 Å². The molecule has 0 fully saturated rings. The van der Waals surface area contributed by atoms with Gasteiger partial charge in [0.15, 0.2) is 0 Å². The molecule has 0 saturated heterocycles. The minimum absolute atomic E-state index is 0.0822. The molecule has 6 nitrogen and oxygen atoms in total. The van der Waals surface area contributed by atoms with E-state index < -0.39 is 0 Å². The summed E-state index contributed by atoms with van der Waals surface area (Å²) in [6.45, 7) is 2.62. The zero-order chi connectivity index (χ0) is 21.3. The highest BCUT2D eigenvalue weighted by Gasteiger charge is 2.15. The molecule has 0 saturated carbocycles. The number of ether oxygens (including phenoxy) is 1. The molecule has 0 radical (unpaired) electrons. The third kappa shape index (κ3) is 5.38. The van der Waals surface area contributed by atoms with E-state index >= 15 is 0 Å². The van der Waals surface area contributed by atoms with Crippen LogP contribution < -0.4 is 20.3 Å². The summed E-state index contributed by atoms with van der Waals surface area (Å²) >= 11 is 0. The van der Waals surface area contributed by atoms with Gasteiger partial charge in [-0.05, 0) is 55.5 Å². The molecule has 0 aromatic heterocycles. The topological polar surface area (TPSA) is 70.7 Å². The number of rotatable bonds is 8. The van der Waals surface area contributed by atoms with Crippen LogP contribution in [0.2, 0.25) is 0 Å². The summed E-state index contributed by atoms with van der Waals surface area (Å²) in [4.78, 5) is 26.8. The van der Waals surface area contributed by atoms with E-state index in [4.69, 9.17) is 4.74 Å². The molecule has 0 atom stereocenters. The number of nitrogens with zero attached hydrogens (tertiary/aromatic N) is 1. The van der Waals surface area contributed by atoms with Gasteiger partial charge >= 0.3 is 0 Å². The second kappa shape index (κ2) is 10.1. The van der Waals surface area contributed by atoms with E-state index in [1.165, 1.54) is 0 Å². The molecular weight excluding hydrogens is 378 g/mol. The number of amides is 2. The molecule has 0 spiro atoms. The van der Waals surface area contributed by atoms with Crippen molar-refractivity contribution in [3.63, 3.8) is 0 Å². The molecule has 0 bridgehead atoms. The van der Waals surface area contributed by atoms with Crippen molar-refractivity contribution in [3.05, 3.63) is 84.4 Å². The Balaban J connectivity index is 1.58. The van der Waals surface area contributed by atoms with Crippen molar-refractivity contribution in [2.75, 3.05) is 35.7 Å². The van der Waals surface area contributed by atoms with Crippen molar-refractivity contribution in [2.45, 2.75) is 6.92 Å². The summed E-state index contributed by atoms with van der Waals surface area (Å²) in [6.07, 6.45) is 0. The Morgan fingerprint density at radius 3 is 2.30 bits per heavy atom. The van der Waals surface area contributed by atoms with Crippen molar-refractivity contribution >= 4 is 28.9 Å². The van der Waals surface area contributed by atoms with Gasteiger partial charge in [0.2, 0.25) is 5.91 Å². The number of carbonyl (C=O) groups excluding carboxylic acids is 2. The smallest absolute Gasteiger partial charge is 0.258 e. The van der Waals surface area contributed by atoms with Crippen molar-refractivity contribution in [3.8, 4) is 5.75 Å². The highest BCUT2D eigenvalue weighted by Crippen LogP contribution is 2.19. The standard InChI is InChI=1S/C24H25N3O3/c1-3-27(21-9-5-4-6-10-21)24(29)18-12-14-19(15-13-18)26-23(28)17-25-20-8-7-11-22(16-20)30-2/h4-16,25H,3,17H2,1-2H3,(H,26,28). The second-order valence-electron chi connectivity index (χ2n) is 6.60. The van der Waals surface area contributed by atoms with Crippen LogP contribution in [0, 0.1) is 0 Å². The zero-order valence-corrected chi connectivity index (χ0v) is 17.1. The van der Waals surface area contributed by atoms with Gasteiger partial charge in [-0.2, -0.15) is 0 Å². The van der Waals surface area contributed by atoms with Crippen LogP contribution in [0.15, 0.2) is 78.9 Å². The number of para-hydroxylation sites is 1. The Labute approximate surface area is 176 Å². The van der Waals surface area contributed by atoms with Gasteiger partial charge in [-0.3, -0.25) is 9.59 Å². The first kappa shape index (κ1) is 20.9. The number of carbonyl (C=O) groups is 2. The summed E-state index contributed by atoms with van der Waals surface area (Å²) in [7, 11) is 1.60. The average molecular weight is 403 g/mol. The van der Waals surface area contributed by atoms with Crippen molar-refractivity contribution in [1.29, 1.82) is 0 Å². The quantitative estimate of drug-likeness (QED) is 0.584. The first-order chi connectivity index (χ1) is 14.6. The second-order valence-corrected chi connectivity index (χ2v) is 6.60. The molecular formula is C24H25N3O3. The van der Waals surface area contributed by atoms with E-state index in [2.05, 4.69) is 10.6 Å². The summed E-state index contributed by atoms with van der Waals surface area (Å²) in [6, 6.07) is 23.8. The SMILES string of the molecule is CCN(C(=O)c1ccc(NC(=O)CNc2cccc(OC)c2)cc1)c1ccccc1. The van der Waals surface area contributed by atoms with Crippen LogP contribution in [-0.4, -0.2) is 32.0 Å². The van der Waals surface area contributed by atoms with Gasteiger partial charge in [0.1, 0.15) is 5.75 Å². The van der Waals surface area contributed by atoms with Gasteiger partial charge in [0, 0.05) is 35.2 Å². The molecule has 154 valence electrons. The predicted octanol–water partition coefficient (Wildman–Crippen LogP) is 4.41. The fraction of sp³-hybridized carbons (Fsp3) is 0.167. The first-order valence-electron chi connectivity index (χ1n) is 9.75. The van der Waals surface area contributed by atoms with Gasteiger partial charge in [-0.15, -0.1) is 0 Å². The van der Waals surface area contributed by atoms with E-state index in [1.54, 1.807) is 36.3 Å². The molecule has 3 rings (SSSR count). The normalized spacial score (nSPS) is 10.2. The maximum Gasteiger partial charge on any atom is 0.258 e. The Morgan fingerprint density at radius 2 is 1.63 bits per heavy atom. The van der Waals surface area contributed by atoms with Gasteiger partial charge in [-0.25, -0.2) is 0 Å². The largest absolute Gasteiger partial charge is 0.497 e. The highest BCUT2D eigenvalue weighted by molar-refractivity contribution is 6.06. The lowest BCUT2D eigenvalue weighted by Crippen LogP contribution is -2.30. The van der Waals surface area contributed by atoms with Crippen LogP contribution in [0.3, 0.4) is 0 Å². The van der Waals surface area contributed by atoms with Crippen molar-refractivity contribution in [2.24, 2.45) is 0 Å². The molecule has 0 aliphatic carbocycles. The molecule has 0 unspecified atom stereocenters. The van der Waals surface area contributed by atoms with Crippen LogP contribution in [-0.2, 0) is 4.79 Å². The molecule has 3 aromatic carbocycles. The number of anilines is 3. The van der Waals surface area contributed by atoms with Gasteiger partial charge in [0.25, 0.3) is 5.91 Å². The summed E-state index contributed by atoms with van der Waals surface area (Å²) < 4.78 is 5.17. The monoisotopic (exact) mass is 403 g/mol. The van der Waals surface area contributed by atoms with Gasteiger partial charge < -0.3 is 20.3 Å². The van der Waals surface area contributed by atoms with Crippen molar-refractivity contribution in [1.82, 2.24) is 0 Å². The number of hydrogen-bond donors (Lipinski definition) is 2. The van der Waals surface area contributed by atoms with Crippen LogP contribution in [0.5, 0.6) is 5.75 Å². The third-order valence-corrected chi connectivity index (χ3v) is 4.57. The predicted molar refractivity (Wildman–Crippen MR) is 120 cm³/mol. The summed E-state index contributed by atoms with van der Waals surface area (Å²) in [5.41, 5.74) is 2.84. The third-order valence-electron chi connectivity index (χ3n) is 4.57. The maximum absolute atomic E-state index is 12.8. The van der Waals surface area contributed by atoms with Gasteiger partial charge in [0.05, 0.1) is 13.7 Å². The molecule has 0 aliphatic heterocycles. The van der Waals surface area contributed by atoms with Crippen LogP contribution in [0.25, 0.3) is 0 Å². The first-order valence-corrected chi connectivity index (χ1v) is 9.75. The van der Waals surface area contributed by atoms with E-state index in [0.29, 0.717) is 17.8 Å². The maximum atomic E-state index is 12.8. The highest BCUT2D eigenvalue weighted by atomic mass is 16.5. The average Bonchev–Trinajstić information content (AvgIpc) is 2.79. The Hall–Kier alpha value is -3.80. The molecule has 0 heterocycles. The van der Waals surface area contributed by atoms with Crippen LogP contribution in [0.4, 0.5) is 17.1 Å². The van der Waals surface area contributed by atoms with Crippen LogP contribution >= 0.6 is 0 Å². The fourth-order valence-electron chi connectivity index (χ4n) is 3.02. The summed E-state index contributed by atoms with van der Waals surface area (Å²) in [5, 5.41) is 5.88. The number of methoxy groups -OCH3 is 1. The fourth-order valence-corrected chi connectivity index (χ4v) is 3.02. The number of nitrogens with one attached hydrogen (secondary N) is 2. The number of benzene rings is 3. The summed E-state index contributed by atoms with van der Waals surface area (Å²) in [5.74, 6) is 0.454. The Morgan fingerprint density at radius 1 is 0.900 bits per heavy atom. The molecule has 0 aliphatic rings. The van der Waals surface area contributed by atoms with Crippen LogP contribution in [0.1, 0.15) is 17.3 Å². The van der Waals surface area contributed by atoms with E-state index in [1.807, 2.05) is 61.5 Å². The lowest BCUT2D eigenvalue weighted by atomic mass is 10.1. The minimum Gasteiger partial charge on any atom is -0.497 e. The molecule has 6 heteroatoms. The molecule has 2 N–H and O–H groups in total. The molecule has 2 amide bonds. The lowest BCUT2D eigenvalue weighted by molar-refractivity contribution is -0.114. The molecule has 3 aromatic rings. The van der Waals surface area contributed by atoms with E-state index in [9.17, 15) is 9.59 Å². The zero-order valence-electron chi connectivity index (χ0n) is 17.1.